The van der Waals surface area contributed by atoms with E-state index in [1.54, 1.807) is 0 Å². The average Bonchev–Trinajstić information content (AvgIpc) is 3.06. The third kappa shape index (κ3) is 5.40. The number of nitrogens with zero attached hydrogens (tertiary/aromatic N) is 3. The van der Waals surface area contributed by atoms with Gasteiger partial charge in [0.25, 0.3) is 5.91 Å². The van der Waals surface area contributed by atoms with Gasteiger partial charge in [0.2, 0.25) is 0 Å². The summed E-state index contributed by atoms with van der Waals surface area (Å²) in [6.07, 6.45) is 0. The lowest BCUT2D eigenvalue weighted by Gasteiger charge is -2.26. The molecule has 0 saturated carbocycles. The molecule has 0 aliphatic carbocycles. The molecule has 0 bridgehead atoms. The Balaban J connectivity index is 1.39. The van der Waals surface area contributed by atoms with Gasteiger partial charge in [0.15, 0.2) is 0 Å². The number of hydrogen-bond acceptors (Lipinski definition) is 4. The fraction of sp³-hybridized carbons (Fsp3) is 0.360. The van der Waals surface area contributed by atoms with Crippen LogP contribution < -0.4 is 5.32 Å². The maximum atomic E-state index is 12.9. The largest absolute Gasteiger partial charge is 0.379 e. The third-order valence-corrected chi connectivity index (χ3v) is 5.74. The summed E-state index contributed by atoms with van der Waals surface area (Å²) in [5.41, 5.74) is 5.84. The second kappa shape index (κ2) is 9.90. The lowest BCUT2D eigenvalue weighted by Crippen LogP contribution is -2.35. The Morgan fingerprint density at radius 3 is 2.45 bits per heavy atom. The number of ether oxygens (including phenoxy) is 1. The van der Waals surface area contributed by atoms with E-state index in [1.807, 2.05) is 36.7 Å². The molecule has 4 rings (SSSR count). The Morgan fingerprint density at radius 1 is 0.968 bits per heavy atom. The normalized spacial score (nSPS) is 14.5. The zero-order chi connectivity index (χ0) is 21.6. The summed E-state index contributed by atoms with van der Waals surface area (Å²) in [7, 11) is 0. The van der Waals surface area contributed by atoms with Crippen LogP contribution in [0.4, 0.5) is 0 Å². The summed E-state index contributed by atoms with van der Waals surface area (Å²) in [5, 5.41) is 7.68. The fourth-order valence-corrected chi connectivity index (χ4v) is 4.06. The van der Waals surface area contributed by atoms with Crippen molar-refractivity contribution in [1.29, 1.82) is 0 Å². The first-order chi connectivity index (χ1) is 15.1. The Hall–Kier alpha value is -2.96. The van der Waals surface area contributed by atoms with Gasteiger partial charge in [-0.05, 0) is 30.5 Å². The van der Waals surface area contributed by atoms with Gasteiger partial charge in [-0.3, -0.25) is 14.4 Å². The zero-order valence-corrected chi connectivity index (χ0v) is 18.3. The van der Waals surface area contributed by atoms with E-state index in [1.165, 1.54) is 5.56 Å². The van der Waals surface area contributed by atoms with Gasteiger partial charge in [-0.25, -0.2) is 0 Å². The minimum atomic E-state index is -0.0760. The van der Waals surface area contributed by atoms with Gasteiger partial charge in [0, 0.05) is 31.9 Å². The van der Waals surface area contributed by atoms with Crippen LogP contribution in [0.2, 0.25) is 0 Å². The van der Waals surface area contributed by atoms with Crippen molar-refractivity contribution >= 4 is 5.91 Å². The van der Waals surface area contributed by atoms with Gasteiger partial charge < -0.3 is 10.1 Å². The number of morpholine rings is 1. The predicted octanol–water partition coefficient (Wildman–Crippen LogP) is 3.31. The minimum Gasteiger partial charge on any atom is -0.379 e. The summed E-state index contributed by atoms with van der Waals surface area (Å²) in [6.45, 7) is 9.45. The van der Waals surface area contributed by atoms with E-state index in [0.717, 1.165) is 55.4 Å². The molecule has 2 heterocycles. The average molecular weight is 419 g/mol. The van der Waals surface area contributed by atoms with Gasteiger partial charge in [0.05, 0.1) is 31.0 Å². The van der Waals surface area contributed by atoms with Crippen LogP contribution in [0.15, 0.2) is 54.6 Å². The van der Waals surface area contributed by atoms with Crippen molar-refractivity contribution in [1.82, 2.24) is 20.0 Å². The number of aryl methyl sites for hydroxylation is 1. The summed E-state index contributed by atoms with van der Waals surface area (Å²) in [5.74, 6) is -0.0760. The Morgan fingerprint density at radius 2 is 1.68 bits per heavy atom. The molecule has 0 radical (unpaired) electrons. The first-order valence-electron chi connectivity index (χ1n) is 10.8. The van der Waals surface area contributed by atoms with Crippen molar-refractivity contribution in [2.24, 2.45) is 0 Å². The molecule has 1 aliphatic heterocycles. The summed E-state index contributed by atoms with van der Waals surface area (Å²) < 4.78 is 7.33. The summed E-state index contributed by atoms with van der Waals surface area (Å²) in [4.78, 5) is 15.3. The molecule has 1 fully saturated rings. The number of benzene rings is 2. The van der Waals surface area contributed by atoms with Crippen LogP contribution in [0.3, 0.4) is 0 Å². The maximum Gasteiger partial charge on any atom is 0.255 e. The molecule has 1 amide bonds. The molecule has 2 aromatic carbocycles. The number of hydrogen-bond donors (Lipinski definition) is 1. The Bertz CT molecular complexity index is 1020. The van der Waals surface area contributed by atoms with Crippen LogP contribution in [0.25, 0.3) is 0 Å². The number of carbonyl (C=O) groups excluding carboxylic acids is 1. The SMILES string of the molecule is Cc1nn(Cc2ccccc2)c(C)c1C(=O)NCc1cccc(CN2CCOCC2)c1. The van der Waals surface area contributed by atoms with Crippen LogP contribution >= 0.6 is 0 Å². The quantitative estimate of drug-likeness (QED) is 0.640. The van der Waals surface area contributed by atoms with Gasteiger partial charge in [-0.15, -0.1) is 0 Å². The maximum absolute atomic E-state index is 12.9. The number of aromatic nitrogens is 2. The molecule has 0 unspecified atom stereocenters. The van der Waals surface area contributed by atoms with Gasteiger partial charge in [-0.1, -0.05) is 54.6 Å². The highest BCUT2D eigenvalue weighted by Gasteiger charge is 2.18. The number of nitrogens with one attached hydrogen (secondary N) is 1. The fourth-order valence-electron chi connectivity index (χ4n) is 4.06. The summed E-state index contributed by atoms with van der Waals surface area (Å²) >= 11 is 0. The molecule has 1 N–H and O–H groups in total. The molecular formula is C25H30N4O2. The van der Waals surface area contributed by atoms with Crippen molar-refractivity contribution < 1.29 is 9.53 Å². The van der Waals surface area contributed by atoms with Crippen LogP contribution in [0.5, 0.6) is 0 Å². The van der Waals surface area contributed by atoms with Crippen molar-refractivity contribution in [2.45, 2.75) is 33.5 Å². The molecule has 3 aromatic rings. The zero-order valence-electron chi connectivity index (χ0n) is 18.3. The summed E-state index contributed by atoms with van der Waals surface area (Å²) in [6, 6.07) is 18.6. The molecule has 0 atom stereocenters. The first-order valence-corrected chi connectivity index (χ1v) is 10.8. The Kier molecular flexibility index (Phi) is 6.79. The van der Waals surface area contributed by atoms with E-state index < -0.39 is 0 Å². The first kappa shape index (κ1) is 21.3. The number of amides is 1. The highest BCUT2D eigenvalue weighted by molar-refractivity contribution is 5.96. The van der Waals surface area contributed by atoms with Crippen LogP contribution in [0, 0.1) is 13.8 Å². The molecule has 0 spiro atoms. The third-order valence-electron chi connectivity index (χ3n) is 5.74. The lowest BCUT2D eigenvalue weighted by molar-refractivity contribution is 0.0342. The molecule has 6 nitrogen and oxygen atoms in total. The molecule has 162 valence electrons. The lowest BCUT2D eigenvalue weighted by atomic mass is 10.1. The van der Waals surface area contributed by atoms with Crippen molar-refractivity contribution in [2.75, 3.05) is 26.3 Å². The van der Waals surface area contributed by atoms with Crippen LogP contribution in [-0.4, -0.2) is 46.9 Å². The Labute approximate surface area is 183 Å². The van der Waals surface area contributed by atoms with Crippen LogP contribution in [0.1, 0.15) is 38.4 Å². The van der Waals surface area contributed by atoms with Crippen molar-refractivity contribution in [3.05, 3.63) is 88.2 Å². The van der Waals surface area contributed by atoms with E-state index in [9.17, 15) is 4.79 Å². The van der Waals surface area contributed by atoms with Crippen molar-refractivity contribution in [3.63, 3.8) is 0 Å². The molecular weight excluding hydrogens is 388 g/mol. The van der Waals surface area contributed by atoms with E-state index in [2.05, 4.69) is 51.7 Å². The molecule has 1 aromatic heterocycles. The molecule has 1 aliphatic rings. The monoisotopic (exact) mass is 418 g/mol. The van der Waals surface area contributed by atoms with E-state index in [0.29, 0.717) is 18.7 Å². The highest BCUT2D eigenvalue weighted by atomic mass is 16.5. The topological polar surface area (TPSA) is 59.4 Å². The molecule has 31 heavy (non-hydrogen) atoms. The molecule has 1 saturated heterocycles. The van der Waals surface area contributed by atoms with E-state index >= 15 is 0 Å². The van der Waals surface area contributed by atoms with Crippen LogP contribution in [-0.2, 0) is 24.4 Å². The second-order valence-electron chi connectivity index (χ2n) is 8.08. The number of rotatable bonds is 7. The molecule has 6 heteroatoms. The smallest absolute Gasteiger partial charge is 0.255 e. The second-order valence-corrected chi connectivity index (χ2v) is 8.08. The predicted molar refractivity (Wildman–Crippen MR) is 121 cm³/mol. The van der Waals surface area contributed by atoms with Gasteiger partial charge in [-0.2, -0.15) is 5.10 Å². The van der Waals surface area contributed by atoms with E-state index in [-0.39, 0.29) is 5.91 Å². The van der Waals surface area contributed by atoms with Gasteiger partial charge in [0.1, 0.15) is 0 Å². The van der Waals surface area contributed by atoms with Gasteiger partial charge >= 0.3 is 0 Å². The number of carbonyl (C=O) groups is 1. The minimum absolute atomic E-state index is 0.0760. The van der Waals surface area contributed by atoms with Crippen molar-refractivity contribution in [3.8, 4) is 0 Å². The highest BCUT2D eigenvalue weighted by Crippen LogP contribution is 2.16. The standard InChI is InChI=1S/C25H30N4O2/c1-19-24(20(2)29(27-19)18-21-7-4-3-5-8-21)25(30)26-16-22-9-6-10-23(15-22)17-28-11-13-31-14-12-28/h3-10,15H,11-14,16-18H2,1-2H3,(H,26,30). The van der Waals surface area contributed by atoms with E-state index in [4.69, 9.17) is 4.74 Å².